The Hall–Kier alpha value is -3.82. The average Bonchev–Trinajstić information content (AvgIpc) is 2.54. The van der Waals surface area contributed by atoms with Crippen molar-refractivity contribution in [2.24, 2.45) is 0 Å². The van der Waals surface area contributed by atoms with Gasteiger partial charge in [-0.25, -0.2) is 4.79 Å². The third kappa shape index (κ3) is 2.56. The van der Waals surface area contributed by atoms with E-state index in [4.69, 9.17) is 15.8 Å². The number of rotatable bonds is 3. The molecule has 6 nitrogen and oxygen atoms in total. The van der Waals surface area contributed by atoms with E-state index in [0.29, 0.717) is 5.39 Å². The zero-order valence-corrected chi connectivity index (χ0v) is 11.2. The second-order valence-electron chi connectivity index (χ2n) is 4.22. The molecule has 2 rings (SSSR count). The van der Waals surface area contributed by atoms with Crippen LogP contribution in [0.25, 0.3) is 10.8 Å². The summed E-state index contributed by atoms with van der Waals surface area (Å²) in [4.78, 5) is 11.5. The zero-order chi connectivity index (χ0) is 16.1. The highest BCUT2D eigenvalue weighted by Crippen LogP contribution is 2.27. The van der Waals surface area contributed by atoms with Crippen LogP contribution in [0.4, 0.5) is 5.69 Å². The summed E-state index contributed by atoms with van der Waals surface area (Å²) >= 11 is 0. The molecule has 2 aromatic rings. The molecule has 22 heavy (non-hydrogen) atoms. The van der Waals surface area contributed by atoms with E-state index in [9.17, 15) is 9.90 Å². The Morgan fingerprint density at radius 3 is 2.27 bits per heavy atom. The first kappa shape index (κ1) is 14.6. The van der Waals surface area contributed by atoms with Crippen LogP contribution >= 0.6 is 0 Å². The Labute approximate surface area is 125 Å². The van der Waals surface area contributed by atoms with Gasteiger partial charge in [-0.05, 0) is 16.8 Å². The van der Waals surface area contributed by atoms with E-state index in [0.717, 1.165) is 5.39 Å². The molecule has 6 heteroatoms. The summed E-state index contributed by atoms with van der Waals surface area (Å²) < 4.78 is 0. The van der Waals surface area contributed by atoms with E-state index in [1.165, 1.54) is 6.07 Å². The fourth-order valence-corrected chi connectivity index (χ4v) is 2.02. The van der Waals surface area contributed by atoms with Gasteiger partial charge >= 0.3 is 5.97 Å². The van der Waals surface area contributed by atoms with Crippen LogP contribution in [0.2, 0.25) is 0 Å². The molecule has 0 unspecified atom stereocenters. The molecular weight excluding hydrogens is 280 g/mol. The molecule has 2 aromatic carbocycles. The molecule has 0 aromatic heterocycles. The maximum Gasteiger partial charge on any atom is 0.338 e. The van der Waals surface area contributed by atoms with Crippen molar-refractivity contribution in [1.82, 2.24) is 0 Å². The predicted octanol–water partition coefficient (Wildman–Crippen LogP) is 2.77. The second-order valence-corrected chi connectivity index (χ2v) is 4.22. The minimum Gasteiger partial charge on any atom is -0.478 e. The molecule has 0 fully saturated rings. The molecule has 0 spiro atoms. The van der Waals surface area contributed by atoms with Gasteiger partial charge in [-0.3, -0.25) is 0 Å². The first-order valence-corrected chi connectivity index (χ1v) is 6.09. The molecule has 0 aliphatic rings. The maximum atomic E-state index is 11.5. The van der Waals surface area contributed by atoms with Crippen molar-refractivity contribution < 1.29 is 9.90 Å². The normalized spacial score (nSPS) is 9.14. The van der Waals surface area contributed by atoms with Crippen molar-refractivity contribution >= 4 is 22.4 Å². The van der Waals surface area contributed by atoms with Gasteiger partial charge in [0.1, 0.15) is 23.9 Å². The van der Waals surface area contributed by atoms with Gasteiger partial charge in [0.15, 0.2) is 5.57 Å². The first-order valence-electron chi connectivity index (χ1n) is 6.09. The molecule has 0 heterocycles. The Kier molecular flexibility index (Phi) is 4.04. The number of hydrogen-bond donors (Lipinski definition) is 2. The Balaban J connectivity index is 2.68. The third-order valence-electron chi connectivity index (χ3n) is 2.99. The van der Waals surface area contributed by atoms with Crippen molar-refractivity contribution in [3.8, 4) is 18.2 Å². The van der Waals surface area contributed by atoms with E-state index in [2.05, 4.69) is 5.32 Å². The number of allylic oxidation sites excluding steroid dienone is 2. The Morgan fingerprint density at radius 2 is 1.68 bits per heavy atom. The van der Waals surface area contributed by atoms with Crippen LogP contribution in [0.3, 0.4) is 0 Å². The van der Waals surface area contributed by atoms with Gasteiger partial charge in [0.05, 0.1) is 11.3 Å². The van der Waals surface area contributed by atoms with Crippen LogP contribution < -0.4 is 5.32 Å². The van der Waals surface area contributed by atoms with Gasteiger partial charge in [0.2, 0.25) is 0 Å². The first-order chi connectivity index (χ1) is 10.6. The van der Waals surface area contributed by atoms with E-state index in [1.54, 1.807) is 48.5 Å². The van der Waals surface area contributed by atoms with Gasteiger partial charge in [-0.2, -0.15) is 15.8 Å². The summed E-state index contributed by atoms with van der Waals surface area (Å²) in [7, 11) is 0. The van der Waals surface area contributed by atoms with E-state index >= 15 is 0 Å². The molecule has 0 atom stereocenters. The highest BCUT2D eigenvalue weighted by Gasteiger charge is 2.16. The zero-order valence-electron chi connectivity index (χ0n) is 11.2. The number of benzene rings is 2. The van der Waals surface area contributed by atoms with Crippen LogP contribution in [-0.2, 0) is 0 Å². The summed E-state index contributed by atoms with van der Waals surface area (Å²) in [5.74, 6) is -1.17. The van der Waals surface area contributed by atoms with Crippen molar-refractivity contribution in [2.75, 3.05) is 5.32 Å². The van der Waals surface area contributed by atoms with E-state index in [-0.39, 0.29) is 16.9 Å². The van der Waals surface area contributed by atoms with Gasteiger partial charge in [-0.1, -0.05) is 30.3 Å². The quantitative estimate of drug-likeness (QED) is 0.837. The topological polar surface area (TPSA) is 121 Å². The van der Waals surface area contributed by atoms with Gasteiger partial charge in [0, 0.05) is 0 Å². The van der Waals surface area contributed by atoms with Crippen molar-refractivity contribution in [3.63, 3.8) is 0 Å². The van der Waals surface area contributed by atoms with Crippen LogP contribution in [-0.4, -0.2) is 11.1 Å². The molecule has 0 saturated carbocycles. The molecule has 104 valence electrons. The number of carbonyl (C=O) groups is 1. The second kappa shape index (κ2) is 6.09. The third-order valence-corrected chi connectivity index (χ3v) is 2.99. The summed E-state index contributed by atoms with van der Waals surface area (Å²) in [6.07, 6.45) is 0. The number of nitrogens with one attached hydrogen (secondary N) is 1. The Bertz CT molecular complexity index is 908. The standard InChI is InChI=1S/C16H8N4O2/c17-7-11(8-18)14(9-19)20-13-6-5-10-3-1-2-4-12(10)15(13)16(21)22/h1-6,20H,(H,21,22). The number of carboxylic acids is 1. The van der Waals surface area contributed by atoms with Gasteiger partial charge in [0.25, 0.3) is 0 Å². The van der Waals surface area contributed by atoms with Crippen LogP contribution in [0.1, 0.15) is 10.4 Å². The summed E-state index contributed by atoms with van der Waals surface area (Å²) in [6.45, 7) is 0. The summed E-state index contributed by atoms with van der Waals surface area (Å²) in [5, 5.41) is 39.9. The number of carboxylic acid groups (broad SMARTS) is 1. The highest BCUT2D eigenvalue weighted by molar-refractivity contribution is 6.09. The summed E-state index contributed by atoms with van der Waals surface area (Å²) in [5.41, 5.74) is -0.582. The van der Waals surface area contributed by atoms with Crippen molar-refractivity contribution in [1.29, 1.82) is 15.8 Å². The maximum absolute atomic E-state index is 11.5. The lowest BCUT2D eigenvalue weighted by molar-refractivity contribution is 0.0700. The van der Waals surface area contributed by atoms with Crippen molar-refractivity contribution in [2.45, 2.75) is 0 Å². The molecular formula is C16H8N4O2. The lowest BCUT2D eigenvalue weighted by atomic mass is 10.0. The van der Waals surface area contributed by atoms with Gasteiger partial charge < -0.3 is 10.4 Å². The van der Waals surface area contributed by atoms with E-state index in [1.807, 2.05) is 0 Å². The number of aromatic carboxylic acids is 1. The number of fused-ring (bicyclic) bond motifs is 1. The minimum atomic E-state index is -1.17. The van der Waals surface area contributed by atoms with Crippen LogP contribution in [0.5, 0.6) is 0 Å². The highest BCUT2D eigenvalue weighted by atomic mass is 16.4. The number of nitriles is 3. The van der Waals surface area contributed by atoms with Gasteiger partial charge in [-0.15, -0.1) is 0 Å². The number of anilines is 1. The molecule has 0 saturated heterocycles. The Morgan fingerprint density at radius 1 is 1.00 bits per heavy atom. The fourth-order valence-electron chi connectivity index (χ4n) is 2.02. The number of nitrogens with zero attached hydrogens (tertiary/aromatic N) is 3. The van der Waals surface area contributed by atoms with Crippen LogP contribution in [0, 0.1) is 34.0 Å². The summed E-state index contributed by atoms with van der Waals surface area (Å²) in [6, 6.07) is 15.0. The minimum absolute atomic E-state index is 0.0268. The predicted molar refractivity (Wildman–Crippen MR) is 78.4 cm³/mol. The molecule has 0 aliphatic carbocycles. The molecule has 0 bridgehead atoms. The van der Waals surface area contributed by atoms with Crippen molar-refractivity contribution in [3.05, 3.63) is 53.2 Å². The molecule has 0 amide bonds. The molecule has 2 N–H and O–H groups in total. The lowest BCUT2D eigenvalue weighted by Gasteiger charge is -2.11. The lowest BCUT2D eigenvalue weighted by Crippen LogP contribution is -2.07. The fraction of sp³-hybridized carbons (Fsp3) is 0. The molecule has 0 radical (unpaired) electrons. The van der Waals surface area contributed by atoms with Crippen LogP contribution in [0.15, 0.2) is 47.7 Å². The molecule has 0 aliphatic heterocycles. The largest absolute Gasteiger partial charge is 0.478 e. The number of hydrogen-bond acceptors (Lipinski definition) is 5. The average molecular weight is 288 g/mol. The smallest absolute Gasteiger partial charge is 0.338 e. The monoisotopic (exact) mass is 288 g/mol. The van der Waals surface area contributed by atoms with E-state index < -0.39 is 11.5 Å². The SMILES string of the molecule is N#CC(C#N)=C(C#N)Nc1ccc2ccccc2c1C(=O)O.